The summed E-state index contributed by atoms with van der Waals surface area (Å²) in [4.78, 5) is 17.4. The van der Waals surface area contributed by atoms with Crippen LogP contribution in [0.4, 0.5) is 11.4 Å². The highest BCUT2D eigenvalue weighted by atomic mass is 16.3. The van der Waals surface area contributed by atoms with Gasteiger partial charge in [0.05, 0.1) is 5.57 Å². The predicted octanol–water partition coefficient (Wildman–Crippen LogP) is 5.62. The fraction of sp³-hybridized carbons (Fsp3) is 0.321. The molecule has 0 fully saturated rings. The first-order chi connectivity index (χ1) is 15.1. The van der Waals surface area contributed by atoms with Crippen molar-refractivity contribution in [2.24, 2.45) is 5.92 Å². The molecule has 1 unspecified atom stereocenters. The number of anilines is 2. The molecule has 1 aliphatic carbocycles. The molecule has 3 aliphatic rings. The van der Waals surface area contributed by atoms with E-state index < -0.39 is 5.92 Å². The van der Waals surface area contributed by atoms with Gasteiger partial charge in [-0.05, 0) is 35.4 Å². The van der Waals surface area contributed by atoms with Crippen LogP contribution in [0.25, 0.3) is 0 Å². The molecular formula is C28H30N2O2. The zero-order valence-electron chi connectivity index (χ0n) is 19.6. The van der Waals surface area contributed by atoms with Crippen molar-refractivity contribution in [3.05, 3.63) is 94.5 Å². The molecule has 5 rings (SSSR count). The van der Waals surface area contributed by atoms with Crippen molar-refractivity contribution in [2.75, 3.05) is 23.9 Å². The van der Waals surface area contributed by atoms with E-state index in [1.54, 1.807) is 0 Å². The van der Waals surface area contributed by atoms with E-state index in [1.807, 2.05) is 50.5 Å². The monoisotopic (exact) mass is 426 g/mol. The van der Waals surface area contributed by atoms with Crippen LogP contribution in [0.2, 0.25) is 0 Å². The van der Waals surface area contributed by atoms with Crippen molar-refractivity contribution >= 4 is 17.2 Å². The summed E-state index contributed by atoms with van der Waals surface area (Å²) in [6, 6.07) is 16.6. The maximum Gasteiger partial charge on any atom is 0.180 e. The SMILES string of the molecule is CN1/C(=C\C2=C(O)C(/C=C3\N(C)c4ccccc4C3(C)C)C2=O)C(C)(C)c2ccccc21. The van der Waals surface area contributed by atoms with Gasteiger partial charge >= 0.3 is 0 Å². The number of nitrogens with zero attached hydrogens (tertiary/aromatic N) is 2. The van der Waals surface area contributed by atoms with Crippen molar-refractivity contribution in [1.82, 2.24) is 0 Å². The lowest BCUT2D eigenvalue weighted by atomic mass is 9.76. The van der Waals surface area contributed by atoms with Crippen LogP contribution in [0.3, 0.4) is 0 Å². The van der Waals surface area contributed by atoms with E-state index in [1.165, 1.54) is 11.1 Å². The van der Waals surface area contributed by atoms with Gasteiger partial charge in [-0.3, -0.25) is 4.79 Å². The van der Waals surface area contributed by atoms with Crippen LogP contribution in [-0.4, -0.2) is 25.0 Å². The highest BCUT2D eigenvalue weighted by molar-refractivity contribution is 6.10. The van der Waals surface area contributed by atoms with Crippen LogP contribution >= 0.6 is 0 Å². The van der Waals surface area contributed by atoms with E-state index in [0.717, 1.165) is 22.8 Å². The second-order valence-corrected chi connectivity index (χ2v) is 10.1. The maximum atomic E-state index is 13.2. The summed E-state index contributed by atoms with van der Waals surface area (Å²) in [6.07, 6.45) is 3.82. The number of para-hydroxylation sites is 2. The van der Waals surface area contributed by atoms with Gasteiger partial charge in [0.1, 0.15) is 11.7 Å². The van der Waals surface area contributed by atoms with Gasteiger partial charge in [-0.25, -0.2) is 0 Å². The van der Waals surface area contributed by atoms with E-state index in [0.29, 0.717) is 5.57 Å². The quantitative estimate of drug-likeness (QED) is 0.677. The first kappa shape index (κ1) is 20.6. The first-order valence-corrected chi connectivity index (χ1v) is 11.1. The number of likely N-dealkylation sites (N-methyl/N-ethyl adjacent to an activating group) is 2. The number of aliphatic hydroxyl groups excluding tert-OH is 1. The molecule has 1 atom stereocenters. The molecule has 2 aliphatic heterocycles. The Hall–Kier alpha value is -3.27. The average Bonchev–Trinajstić information content (AvgIpc) is 3.09. The molecule has 0 bridgehead atoms. The normalized spacial score (nSPS) is 25.4. The molecule has 0 spiro atoms. The number of Topliss-reactive ketones (excluding diaryl/α,β-unsaturated/α-hetero) is 1. The topological polar surface area (TPSA) is 43.8 Å². The molecule has 4 heteroatoms. The maximum absolute atomic E-state index is 13.2. The van der Waals surface area contributed by atoms with Crippen molar-refractivity contribution in [1.29, 1.82) is 0 Å². The molecule has 0 amide bonds. The molecule has 0 saturated heterocycles. The van der Waals surface area contributed by atoms with Crippen molar-refractivity contribution in [2.45, 2.75) is 38.5 Å². The third-order valence-electron chi connectivity index (χ3n) is 7.60. The van der Waals surface area contributed by atoms with Crippen molar-refractivity contribution in [3.63, 3.8) is 0 Å². The fourth-order valence-electron chi connectivity index (χ4n) is 5.66. The standard InChI is InChI=1S/C28H30N2O2/c1-27(2)19-11-7-9-13-21(19)29(5)23(27)15-17-25(31)18(26(17)32)16-24-28(3,4)20-12-8-10-14-22(20)30(24)6/h7-17,31H,1-6H3/b23-15-,24-16-. The summed E-state index contributed by atoms with van der Waals surface area (Å²) in [6.45, 7) is 8.66. The Balaban J connectivity index is 1.51. The van der Waals surface area contributed by atoms with Gasteiger partial charge in [0.15, 0.2) is 5.78 Å². The summed E-state index contributed by atoms with van der Waals surface area (Å²) >= 11 is 0. The van der Waals surface area contributed by atoms with E-state index in [9.17, 15) is 9.90 Å². The molecule has 0 radical (unpaired) electrons. The number of hydrogen-bond donors (Lipinski definition) is 1. The number of aliphatic hydroxyl groups is 1. The average molecular weight is 427 g/mol. The molecule has 2 aromatic rings. The van der Waals surface area contributed by atoms with Gasteiger partial charge in [-0.1, -0.05) is 64.1 Å². The summed E-state index contributed by atoms with van der Waals surface area (Å²) < 4.78 is 0. The number of ketones is 1. The Kier molecular flexibility index (Phi) is 4.26. The van der Waals surface area contributed by atoms with Crippen LogP contribution < -0.4 is 9.80 Å². The minimum atomic E-state index is -0.593. The number of allylic oxidation sites excluding steroid dienone is 5. The van der Waals surface area contributed by atoms with Gasteiger partial charge < -0.3 is 14.9 Å². The molecule has 4 nitrogen and oxygen atoms in total. The zero-order valence-corrected chi connectivity index (χ0v) is 19.6. The lowest BCUT2D eigenvalue weighted by molar-refractivity contribution is -0.120. The fourth-order valence-corrected chi connectivity index (χ4v) is 5.66. The lowest BCUT2D eigenvalue weighted by Gasteiger charge is -2.31. The van der Waals surface area contributed by atoms with Gasteiger partial charge in [0, 0.05) is 47.7 Å². The van der Waals surface area contributed by atoms with Crippen LogP contribution in [0.5, 0.6) is 0 Å². The van der Waals surface area contributed by atoms with Crippen LogP contribution in [0, 0.1) is 5.92 Å². The Morgan fingerprint density at radius 3 is 1.78 bits per heavy atom. The molecule has 164 valence electrons. The summed E-state index contributed by atoms with van der Waals surface area (Å²) in [5.74, 6) is -0.455. The molecule has 1 N–H and O–H groups in total. The Morgan fingerprint density at radius 2 is 1.28 bits per heavy atom. The van der Waals surface area contributed by atoms with Crippen LogP contribution in [-0.2, 0) is 15.6 Å². The third kappa shape index (κ3) is 2.59. The molecule has 2 heterocycles. The minimum absolute atomic E-state index is 0.0252. The van der Waals surface area contributed by atoms with Crippen LogP contribution in [0.1, 0.15) is 38.8 Å². The van der Waals surface area contributed by atoms with E-state index in [4.69, 9.17) is 0 Å². The first-order valence-electron chi connectivity index (χ1n) is 11.1. The van der Waals surface area contributed by atoms with E-state index >= 15 is 0 Å². The van der Waals surface area contributed by atoms with Crippen molar-refractivity contribution in [3.8, 4) is 0 Å². The van der Waals surface area contributed by atoms with E-state index in [2.05, 4.69) is 61.8 Å². The third-order valence-corrected chi connectivity index (χ3v) is 7.60. The minimum Gasteiger partial charge on any atom is -0.510 e. The van der Waals surface area contributed by atoms with Gasteiger partial charge in [0.25, 0.3) is 0 Å². The number of fused-ring (bicyclic) bond motifs is 2. The highest BCUT2D eigenvalue weighted by Crippen LogP contribution is 2.50. The number of carbonyl (C=O) groups is 1. The largest absolute Gasteiger partial charge is 0.510 e. The van der Waals surface area contributed by atoms with Gasteiger partial charge in [0.2, 0.25) is 0 Å². The molecule has 0 aromatic heterocycles. The molecule has 2 aromatic carbocycles. The summed E-state index contributed by atoms with van der Waals surface area (Å²) in [5.41, 5.74) is 6.77. The Morgan fingerprint density at radius 1 is 0.812 bits per heavy atom. The number of carbonyl (C=O) groups excluding carboxylic acids is 1. The summed E-state index contributed by atoms with van der Waals surface area (Å²) in [5, 5.41) is 10.9. The zero-order chi connectivity index (χ0) is 23.0. The highest BCUT2D eigenvalue weighted by Gasteiger charge is 2.45. The number of rotatable bonds is 2. The second-order valence-electron chi connectivity index (χ2n) is 10.1. The lowest BCUT2D eigenvalue weighted by Crippen LogP contribution is -2.33. The summed E-state index contributed by atoms with van der Waals surface area (Å²) in [7, 11) is 4.05. The molecular weight excluding hydrogens is 396 g/mol. The number of benzene rings is 2. The molecule has 32 heavy (non-hydrogen) atoms. The molecule has 0 saturated carbocycles. The van der Waals surface area contributed by atoms with Gasteiger partial charge in [-0.2, -0.15) is 0 Å². The smallest absolute Gasteiger partial charge is 0.180 e. The predicted molar refractivity (Wildman–Crippen MR) is 130 cm³/mol. The second kappa shape index (κ2) is 6.61. The Bertz CT molecular complexity index is 1250. The van der Waals surface area contributed by atoms with Crippen LogP contribution in [0.15, 0.2) is 83.4 Å². The van der Waals surface area contributed by atoms with Crippen molar-refractivity contribution < 1.29 is 9.90 Å². The van der Waals surface area contributed by atoms with E-state index in [-0.39, 0.29) is 22.4 Å². The Labute approximate surface area is 190 Å². The number of hydrogen-bond acceptors (Lipinski definition) is 4. The van der Waals surface area contributed by atoms with Gasteiger partial charge in [-0.15, -0.1) is 0 Å².